The van der Waals surface area contributed by atoms with Crippen LogP contribution in [0.5, 0.6) is 5.88 Å². The van der Waals surface area contributed by atoms with Gasteiger partial charge >= 0.3 is 0 Å². The molecular weight excluding hydrogens is 266 g/mol. The topological polar surface area (TPSA) is 89.0 Å². The van der Waals surface area contributed by atoms with E-state index in [9.17, 15) is 10.1 Å². The Morgan fingerprint density at radius 1 is 1.38 bits per heavy atom. The fourth-order valence-corrected chi connectivity index (χ4v) is 2.28. The van der Waals surface area contributed by atoms with Crippen molar-refractivity contribution in [3.05, 3.63) is 47.0 Å². The summed E-state index contributed by atoms with van der Waals surface area (Å²) in [4.78, 5) is 16.0. The molecule has 0 aliphatic carbocycles. The number of pyridine rings is 1. The molecule has 1 amide bonds. The number of hydrogen-bond acceptors (Lipinski definition) is 4. The second-order valence-corrected chi connectivity index (χ2v) is 4.39. The molecule has 0 unspecified atom stereocenters. The number of nitrogens with two attached hydrogens (primary N) is 1. The lowest BCUT2D eigenvalue weighted by molar-refractivity contribution is 0.0996. The molecule has 2 N–H and O–H groups in total. The van der Waals surface area contributed by atoms with Crippen molar-refractivity contribution >= 4 is 5.91 Å². The van der Waals surface area contributed by atoms with Crippen molar-refractivity contribution < 1.29 is 9.53 Å². The van der Waals surface area contributed by atoms with Crippen molar-refractivity contribution in [1.82, 2.24) is 4.98 Å². The van der Waals surface area contributed by atoms with Crippen LogP contribution >= 0.6 is 0 Å². The van der Waals surface area contributed by atoms with Crippen LogP contribution in [0.1, 0.15) is 28.4 Å². The number of aromatic nitrogens is 1. The van der Waals surface area contributed by atoms with Gasteiger partial charge in [-0.3, -0.25) is 4.79 Å². The molecule has 1 aromatic carbocycles. The minimum absolute atomic E-state index is 0.0385. The molecule has 0 radical (unpaired) electrons. The van der Waals surface area contributed by atoms with E-state index < -0.39 is 5.91 Å². The Hall–Kier alpha value is -2.87. The summed E-state index contributed by atoms with van der Waals surface area (Å²) in [6.07, 6.45) is 0.560. The average Bonchev–Trinajstić information content (AvgIpc) is 2.53. The Morgan fingerprint density at radius 3 is 2.52 bits per heavy atom. The molecule has 0 fully saturated rings. The number of nitriles is 1. The molecule has 0 atom stereocenters. The summed E-state index contributed by atoms with van der Waals surface area (Å²) in [5.41, 5.74) is 7.83. The van der Waals surface area contributed by atoms with E-state index in [-0.39, 0.29) is 17.0 Å². The highest BCUT2D eigenvalue weighted by atomic mass is 16.5. The van der Waals surface area contributed by atoms with Gasteiger partial charge in [-0.25, -0.2) is 4.98 Å². The zero-order valence-electron chi connectivity index (χ0n) is 11.9. The van der Waals surface area contributed by atoms with E-state index >= 15 is 0 Å². The zero-order valence-corrected chi connectivity index (χ0v) is 11.9. The number of amides is 1. The summed E-state index contributed by atoms with van der Waals surface area (Å²) < 4.78 is 5.15. The van der Waals surface area contributed by atoms with Crippen LogP contribution in [0.15, 0.2) is 30.3 Å². The SMILES string of the molecule is CCc1c(-c2ccccc2)nc(OC)c(C(N)=O)c1C#N. The zero-order chi connectivity index (χ0) is 15.4. The monoisotopic (exact) mass is 281 g/mol. The van der Waals surface area contributed by atoms with Gasteiger partial charge in [-0.1, -0.05) is 37.3 Å². The first-order chi connectivity index (χ1) is 10.1. The fraction of sp³-hybridized carbons (Fsp3) is 0.188. The lowest BCUT2D eigenvalue weighted by Gasteiger charge is -2.14. The Kier molecular flexibility index (Phi) is 4.19. The third-order valence-corrected chi connectivity index (χ3v) is 3.22. The van der Waals surface area contributed by atoms with Gasteiger partial charge in [-0.15, -0.1) is 0 Å². The van der Waals surface area contributed by atoms with E-state index in [0.717, 1.165) is 5.56 Å². The summed E-state index contributed by atoms with van der Waals surface area (Å²) in [6, 6.07) is 11.5. The van der Waals surface area contributed by atoms with Crippen LogP contribution in [0, 0.1) is 11.3 Å². The molecule has 0 saturated carbocycles. The number of carbonyl (C=O) groups is 1. The fourth-order valence-electron chi connectivity index (χ4n) is 2.28. The average molecular weight is 281 g/mol. The van der Waals surface area contributed by atoms with Crippen LogP contribution in [0.4, 0.5) is 0 Å². The summed E-state index contributed by atoms with van der Waals surface area (Å²) in [6.45, 7) is 1.90. The third kappa shape index (κ3) is 2.56. The summed E-state index contributed by atoms with van der Waals surface area (Å²) in [7, 11) is 1.40. The highest BCUT2D eigenvalue weighted by Gasteiger charge is 2.23. The van der Waals surface area contributed by atoms with Gasteiger partial charge < -0.3 is 10.5 Å². The molecule has 106 valence electrons. The molecule has 2 aromatic rings. The largest absolute Gasteiger partial charge is 0.480 e. The number of rotatable bonds is 4. The maximum atomic E-state index is 11.6. The Bertz CT molecular complexity index is 719. The predicted molar refractivity (Wildman–Crippen MR) is 78.8 cm³/mol. The Morgan fingerprint density at radius 2 is 2.05 bits per heavy atom. The van der Waals surface area contributed by atoms with E-state index in [1.54, 1.807) is 0 Å². The van der Waals surface area contributed by atoms with Crippen molar-refractivity contribution in [3.8, 4) is 23.2 Å². The number of primary amides is 1. The first kappa shape index (κ1) is 14.5. The first-order valence-electron chi connectivity index (χ1n) is 6.50. The Labute approximate surface area is 123 Å². The van der Waals surface area contributed by atoms with Crippen molar-refractivity contribution in [1.29, 1.82) is 5.26 Å². The maximum Gasteiger partial charge on any atom is 0.255 e. The van der Waals surface area contributed by atoms with Gasteiger partial charge in [0.05, 0.1) is 18.4 Å². The van der Waals surface area contributed by atoms with Crippen molar-refractivity contribution in [2.45, 2.75) is 13.3 Å². The van der Waals surface area contributed by atoms with Crippen molar-refractivity contribution in [2.24, 2.45) is 5.73 Å². The number of methoxy groups -OCH3 is 1. The van der Waals surface area contributed by atoms with Gasteiger partial charge in [0, 0.05) is 5.56 Å². The second-order valence-electron chi connectivity index (χ2n) is 4.39. The number of ether oxygens (including phenoxy) is 1. The third-order valence-electron chi connectivity index (χ3n) is 3.22. The van der Waals surface area contributed by atoms with Crippen LogP contribution in [-0.2, 0) is 6.42 Å². The van der Waals surface area contributed by atoms with E-state index in [1.165, 1.54) is 7.11 Å². The minimum Gasteiger partial charge on any atom is -0.480 e. The molecule has 1 aromatic heterocycles. The van der Waals surface area contributed by atoms with E-state index in [2.05, 4.69) is 11.1 Å². The number of carbonyl (C=O) groups excluding carboxylic acids is 1. The van der Waals surface area contributed by atoms with Gasteiger partial charge in [0.2, 0.25) is 5.88 Å². The van der Waals surface area contributed by atoms with Crippen molar-refractivity contribution in [3.63, 3.8) is 0 Å². The number of benzene rings is 1. The molecular formula is C16H15N3O2. The van der Waals surface area contributed by atoms with Gasteiger partial charge in [0.25, 0.3) is 5.91 Å². The molecule has 0 aliphatic heterocycles. The normalized spacial score (nSPS) is 9.95. The Balaban J connectivity index is 2.85. The van der Waals surface area contributed by atoms with E-state index in [0.29, 0.717) is 17.7 Å². The van der Waals surface area contributed by atoms with Gasteiger partial charge in [-0.05, 0) is 12.0 Å². The van der Waals surface area contributed by atoms with E-state index in [4.69, 9.17) is 10.5 Å². The van der Waals surface area contributed by atoms with Gasteiger partial charge in [0.15, 0.2) is 0 Å². The van der Waals surface area contributed by atoms with Crippen LogP contribution in [0.25, 0.3) is 11.3 Å². The van der Waals surface area contributed by atoms with Crippen LogP contribution in [0.3, 0.4) is 0 Å². The molecule has 0 aliphatic rings. The molecule has 5 heteroatoms. The van der Waals surface area contributed by atoms with Crippen LogP contribution in [0.2, 0.25) is 0 Å². The molecule has 21 heavy (non-hydrogen) atoms. The molecule has 0 bridgehead atoms. The highest BCUT2D eigenvalue weighted by molar-refractivity contribution is 5.98. The number of hydrogen-bond donors (Lipinski definition) is 1. The summed E-state index contributed by atoms with van der Waals surface area (Å²) >= 11 is 0. The summed E-state index contributed by atoms with van der Waals surface area (Å²) in [5.74, 6) is -0.639. The molecule has 5 nitrogen and oxygen atoms in total. The standard InChI is InChI=1S/C16H15N3O2/c1-3-11-12(9-17)13(15(18)20)16(21-2)19-14(11)10-7-5-4-6-8-10/h4-8H,3H2,1-2H3,(H2,18,20). The summed E-state index contributed by atoms with van der Waals surface area (Å²) in [5, 5.41) is 9.43. The van der Waals surface area contributed by atoms with Crippen LogP contribution < -0.4 is 10.5 Å². The lowest BCUT2D eigenvalue weighted by atomic mass is 9.95. The maximum absolute atomic E-state index is 11.6. The van der Waals surface area contributed by atoms with Crippen molar-refractivity contribution in [2.75, 3.05) is 7.11 Å². The van der Waals surface area contributed by atoms with Gasteiger partial charge in [0.1, 0.15) is 11.6 Å². The lowest BCUT2D eigenvalue weighted by Crippen LogP contribution is -2.17. The predicted octanol–water partition coefficient (Wildman–Crippen LogP) is 2.29. The minimum atomic E-state index is -0.717. The van der Waals surface area contributed by atoms with Gasteiger partial charge in [-0.2, -0.15) is 5.26 Å². The van der Waals surface area contributed by atoms with Crippen LogP contribution in [-0.4, -0.2) is 18.0 Å². The highest BCUT2D eigenvalue weighted by Crippen LogP contribution is 2.31. The molecule has 2 rings (SSSR count). The smallest absolute Gasteiger partial charge is 0.255 e. The van der Waals surface area contributed by atoms with E-state index in [1.807, 2.05) is 37.3 Å². The molecule has 0 saturated heterocycles. The molecule has 0 spiro atoms. The first-order valence-corrected chi connectivity index (χ1v) is 6.50. The molecule has 1 heterocycles. The second kappa shape index (κ2) is 6.06. The number of nitrogens with zero attached hydrogens (tertiary/aromatic N) is 2. The quantitative estimate of drug-likeness (QED) is 0.931.